The topological polar surface area (TPSA) is 307 Å². The highest BCUT2D eigenvalue weighted by Crippen LogP contribution is 2.33. The predicted molar refractivity (Wildman–Crippen MR) is 346 cm³/mol. The van der Waals surface area contributed by atoms with Gasteiger partial charge in [0, 0.05) is 6.42 Å². The monoisotopic (exact) mass is 1260 g/mol. The number of carbonyl (C=O) groups excluding carboxylic acids is 1. The lowest BCUT2D eigenvalue weighted by atomic mass is 9.96. The molecule has 19 nitrogen and oxygen atoms in total. The van der Waals surface area contributed by atoms with Crippen molar-refractivity contribution in [2.24, 2.45) is 0 Å². The number of unbranched alkanes of at least 4 members (excludes halogenated alkanes) is 17. The number of hydrogen-bond acceptors (Lipinski definition) is 18. The Morgan fingerprint density at radius 3 is 1.25 bits per heavy atom. The molecule has 3 fully saturated rings. The van der Waals surface area contributed by atoms with Crippen LogP contribution in [0.4, 0.5) is 0 Å². The van der Waals surface area contributed by atoms with E-state index in [0.29, 0.717) is 12.8 Å². The molecule has 3 heterocycles. The SMILES string of the molecule is CC/C=C\C/C=C\C/C=C\C/C=C\C/C=C\C/C=C\CCCCCCCCCCCCCCCCC(=O)NC(COC1OC(CO)C(OC2OC(CO)C(OC3OC(CO)C(O)C(O)C3O)C(O)C2O)C(O)C1O)C(O)/C=C/CC/C=C/CC/C=C/CCC. The highest BCUT2D eigenvalue weighted by Gasteiger charge is 2.53. The number of carbonyl (C=O) groups is 1. The number of aliphatic hydroxyl groups is 11. The van der Waals surface area contributed by atoms with Crippen LogP contribution >= 0.6 is 0 Å². The molecular formula is C70H117NO18. The van der Waals surface area contributed by atoms with Crippen LogP contribution in [0.15, 0.2) is 109 Å². The first kappa shape index (κ1) is 79.7. The van der Waals surface area contributed by atoms with Gasteiger partial charge in [0.2, 0.25) is 5.91 Å². The molecular weight excluding hydrogens is 1140 g/mol. The van der Waals surface area contributed by atoms with Gasteiger partial charge in [0.1, 0.15) is 73.2 Å². The van der Waals surface area contributed by atoms with Crippen molar-refractivity contribution >= 4 is 5.91 Å². The van der Waals surface area contributed by atoms with Crippen molar-refractivity contribution in [2.45, 2.75) is 298 Å². The summed E-state index contributed by atoms with van der Waals surface area (Å²) in [5, 5.41) is 120. The fraction of sp³-hybridized carbons (Fsp3) is 0.729. The lowest BCUT2D eigenvalue weighted by Gasteiger charge is -2.48. The Balaban J connectivity index is 1.36. The van der Waals surface area contributed by atoms with Gasteiger partial charge in [0.05, 0.1) is 38.6 Å². The number of amides is 1. The van der Waals surface area contributed by atoms with E-state index in [1.54, 1.807) is 6.08 Å². The second-order valence-corrected chi connectivity index (χ2v) is 23.5. The Morgan fingerprint density at radius 1 is 0.416 bits per heavy atom. The van der Waals surface area contributed by atoms with Gasteiger partial charge >= 0.3 is 0 Å². The van der Waals surface area contributed by atoms with Crippen molar-refractivity contribution in [3.05, 3.63) is 109 Å². The molecule has 3 aliphatic rings. The van der Waals surface area contributed by atoms with Crippen LogP contribution in [0.1, 0.15) is 194 Å². The van der Waals surface area contributed by atoms with Gasteiger partial charge in [-0.3, -0.25) is 4.79 Å². The molecule has 510 valence electrons. The zero-order valence-electron chi connectivity index (χ0n) is 53.6. The molecule has 3 aliphatic heterocycles. The molecule has 0 saturated carbocycles. The fourth-order valence-electron chi connectivity index (χ4n) is 10.6. The molecule has 0 aromatic carbocycles. The van der Waals surface area contributed by atoms with Gasteiger partial charge in [-0.15, -0.1) is 0 Å². The van der Waals surface area contributed by atoms with E-state index in [-0.39, 0.29) is 18.9 Å². The van der Waals surface area contributed by atoms with Crippen molar-refractivity contribution in [3.8, 4) is 0 Å². The van der Waals surface area contributed by atoms with E-state index < -0.39 is 124 Å². The zero-order valence-corrected chi connectivity index (χ0v) is 53.6. The normalized spacial score (nSPS) is 28.9. The summed E-state index contributed by atoms with van der Waals surface area (Å²) < 4.78 is 34.2. The van der Waals surface area contributed by atoms with Gasteiger partial charge in [-0.25, -0.2) is 0 Å². The van der Waals surface area contributed by atoms with E-state index in [1.165, 1.54) is 57.8 Å². The molecule has 3 rings (SSSR count). The summed E-state index contributed by atoms with van der Waals surface area (Å²) in [4.78, 5) is 13.4. The Kier molecular flexibility index (Phi) is 45.6. The van der Waals surface area contributed by atoms with E-state index in [4.69, 9.17) is 28.4 Å². The minimum atomic E-state index is -1.99. The standard InChI is InChI=1S/C70H117NO18/c1-3-5-7-9-11-13-15-16-17-18-19-20-21-22-23-24-25-26-27-28-29-30-31-32-33-34-35-36-38-40-42-44-46-48-58(76)71-53(54(75)47-45-43-41-39-37-14-12-10-8-6-4-2)52-84-68-64(82)61(79)66(56(50-73)86-68)89-70-65(83)62(80)67(57(51-74)87-70)88-69-63(81)60(78)59(77)55(49-72)85-69/h5,7-8,10-11,13,16-17,19-20,22-23,25-26,37,39,45,47,53-57,59-70,72-75,77-83H,3-4,6,9,12,14-15,18,21,24,27-36,38,40-44,46,48-52H2,1-2H3,(H,71,76)/b7-5-,10-8+,13-11-,17-16-,20-19-,23-22-,26-25-,39-37+,47-45+. The summed E-state index contributed by atoms with van der Waals surface area (Å²) >= 11 is 0. The van der Waals surface area contributed by atoms with E-state index in [0.717, 1.165) is 103 Å². The summed E-state index contributed by atoms with van der Waals surface area (Å²) in [6.07, 6.45) is 41.0. The Bertz CT molecular complexity index is 2040. The Morgan fingerprint density at radius 2 is 0.787 bits per heavy atom. The summed E-state index contributed by atoms with van der Waals surface area (Å²) in [5.74, 6) is -0.297. The molecule has 17 unspecified atom stereocenters. The van der Waals surface area contributed by atoms with Gasteiger partial charge in [0.15, 0.2) is 18.9 Å². The zero-order chi connectivity index (χ0) is 64.7. The van der Waals surface area contributed by atoms with Crippen molar-refractivity contribution in [2.75, 3.05) is 26.4 Å². The van der Waals surface area contributed by atoms with Crippen LogP contribution in [0.5, 0.6) is 0 Å². The van der Waals surface area contributed by atoms with Gasteiger partial charge < -0.3 is 89.9 Å². The van der Waals surface area contributed by atoms with Crippen molar-refractivity contribution < 1.29 is 89.4 Å². The molecule has 0 bridgehead atoms. The maximum Gasteiger partial charge on any atom is 0.220 e. The van der Waals surface area contributed by atoms with Crippen LogP contribution in [0, 0.1) is 0 Å². The molecule has 0 spiro atoms. The quantitative estimate of drug-likeness (QED) is 0.0201. The molecule has 89 heavy (non-hydrogen) atoms. The summed E-state index contributed by atoms with van der Waals surface area (Å²) in [5.41, 5.74) is 0. The minimum Gasteiger partial charge on any atom is -0.394 e. The lowest BCUT2D eigenvalue weighted by Crippen LogP contribution is -2.66. The average molecular weight is 1260 g/mol. The van der Waals surface area contributed by atoms with Crippen LogP contribution < -0.4 is 5.32 Å². The summed E-state index contributed by atoms with van der Waals surface area (Å²) in [6.45, 7) is 1.48. The van der Waals surface area contributed by atoms with Crippen LogP contribution in [0.3, 0.4) is 0 Å². The fourth-order valence-corrected chi connectivity index (χ4v) is 10.6. The Labute approximate surface area is 532 Å². The second-order valence-electron chi connectivity index (χ2n) is 23.5. The molecule has 0 aromatic heterocycles. The summed E-state index contributed by atoms with van der Waals surface area (Å²) in [7, 11) is 0. The van der Waals surface area contributed by atoms with Crippen molar-refractivity contribution in [1.82, 2.24) is 5.32 Å². The third-order valence-electron chi connectivity index (χ3n) is 16.0. The molecule has 0 aliphatic carbocycles. The van der Waals surface area contributed by atoms with Crippen molar-refractivity contribution in [1.29, 1.82) is 0 Å². The maximum atomic E-state index is 13.4. The number of ether oxygens (including phenoxy) is 6. The van der Waals surface area contributed by atoms with E-state index in [9.17, 15) is 61.0 Å². The Hall–Kier alpha value is -3.55. The molecule has 17 atom stereocenters. The van der Waals surface area contributed by atoms with Crippen LogP contribution in [0.25, 0.3) is 0 Å². The van der Waals surface area contributed by atoms with Gasteiger partial charge in [-0.1, -0.05) is 207 Å². The first-order valence-electron chi connectivity index (χ1n) is 33.6. The van der Waals surface area contributed by atoms with E-state index >= 15 is 0 Å². The third kappa shape index (κ3) is 33.2. The maximum absolute atomic E-state index is 13.4. The highest BCUT2D eigenvalue weighted by atomic mass is 16.8. The smallest absolute Gasteiger partial charge is 0.220 e. The molecule has 19 heteroatoms. The number of rotatable bonds is 49. The second kappa shape index (κ2) is 50.9. The third-order valence-corrected chi connectivity index (χ3v) is 16.0. The van der Waals surface area contributed by atoms with E-state index in [1.807, 2.05) is 6.08 Å². The number of hydrogen-bond donors (Lipinski definition) is 12. The highest BCUT2D eigenvalue weighted by molar-refractivity contribution is 5.76. The molecule has 1 amide bonds. The average Bonchev–Trinajstić information content (AvgIpc) is 1.33. The molecule has 0 radical (unpaired) electrons. The molecule has 0 aromatic rings. The number of allylic oxidation sites excluding steroid dienone is 17. The van der Waals surface area contributed by atoms with Gasteiger partial charge in [-0.05, 0) is 89.9 Å². The van der Waals surface area contributed by atoms with Crippen LogP contribution in [-0.4, -0.2) is 193 Å². The van der Waals surface area contributed by atoms with Gasteiger partial charge in [-0.2, -0.15) is 0 Å². The number of aliphatic hydroxyl groups excluding tert-OH is 11. The summed E-state index contributed by atoms with van der Waals surface area (Å²) in [6, 6.07) is -1.00. The van der Waals surface area contributed by atoms with Crippen LogP contribution in [-0.2, 0) is 33.2 Å². The first-order chi connectivity index (χ1) is 43.3. The molecule has 12 N–H and O–H groups in total. The van der Waals surface area contributed by atoms with Crippen molar-refractivity contribution in [3.63, 3.8) is 0 Å². The van der Waals surface area contributed by atoms with E-state index in [2.05, 4.69) is 116 Å². The lowest BCUT2D eigenvalue weighted by molar-refractivity contribution is -0.379. The largest absolute Gasteiger partial charge is 0.394 e. The van der Waals surface area contributed by atoms with Crippen LogP contribution in [0.2, 0.25) is 0 Å². The van der Waals surface area contributed by atoms with Gasteiger partial charge in [0.25, 0.3) is 0 Å². The first-order valence-corrected chi connectivity index (χ1v) is 33.6. The molecule has 3 saturated heterocycles. The minimum absolute atomic E-state index is 0.224. The predicted octanol–water partition coefficient (Wildman–Crippen LogP) is 8.27. The number of nitrogens with one attached hydrogen (secondary N) is 1.